The zero-order chi connectivity index (χ0) is 59.6. The number of Topliss-reactive ketones (excluding diaryl/α,β-unsaturated/α-hetero) is 1. The van der Waals surface area contributed by atoms with Crippen LogP contribution in [0, 0.1) is 30.6 Å². The number of aromatic nitrogens is 4. The number of esters is 1. The van der Waals surface area contributed by atoms with Crippen molar-refractivity contribution in [3.05, 3.63) is 65.7 Å². The zero-order valence-electron chi connectivity index (χ0n) is 50.2. The summed E-state index contributed by atoms with van der Waals surface area (Å²) in [5.41, 5.74) is -0.143. The first kappa shape index (κ1) is 63.8. The highest BCUT2D eigenvalue weighted by atomic mass is 19.1. The van der Waals surface area contributed by atoms with Crippen LogP contribution >= 0.6 is 0 Å². The number of ketones is 1. The first-order valence-electron chi connectivity index (χ1n) is 28.5. The lowest BCUT2D eigenvalue weighted by Crippen LogP contribution is -2.62. The summed E-state index contributed by atoms with van der Waals surface area (Å²) in [5, 5.41) is 42.6. The highest BCUT2D eigenvalue weighted by Crippen LogP contribution is 2.45. The number of rotatable bonds is 17. The number of fused-ring (bicyclic) bond motifs is 1. The van der Waals surface area contributed by atoms with E-state index in [9.17, 15) is 29.8 Å². The van der Waals surface area contributed by atoms with Gasteiger partial charge in [-0.25, -0.2) is 13.9 Å². The SMILES string of the molecule is CC[C@H]1OC(=O)[C@H](C)[C@@H](O[C@H]2C[C@@](C)(OC)[C@@H](O)[C@H](C)O2)[C@H](C)[C@@H](O[C@@H]2O[C@H](C)C[C@H](N(C)CCc3cn([C@H](CF)[C@H](OC)c4ccc(-c5ccc(C)[n+](O)c5)cc4)nn3)[C@H]2O)[C@](C)(OC)C[C@@H](C)C(=O)[C@H](C)[C@H]2N(C)C(=O)O[C@]12C. The summed E-state index contributed by atoms with van der Waals surface area (Å²) in [6.45, 7) is 19.2. The maximum atomic E-state index is 15.0. The van der Waals surface area contributed by atoms with Crippen LogP contribution in [0.15, 0.2) is 48.8 Å². The molecule has 4 saturated heterocycles. The lowest BCUT2D eigenvalue weighted by atomic mass is 9.73. The number of ether oxygens (including phenoxy) is 9. The average molecular weight is 1140 g/mol. The fraction of sp³-hybridized carbons (Fsp3) is 0.729. The van der Waals surface area contributed by atoms with Crippen LogP contribution in [0.25, 0.3) is 11.1 Å². The number of aryl methyl sites for hydroxylation is 1. The van der Waals surface area contributed by atoms with Gasteiger partial charge in [0, 0.05) is 95.5 Å². The number of hydrogen-bond acceptors (Lipinski definition) is 18. The average Bonchev–Trinajstić information content (AvgIpc) is 4.27. The molecule has 3 N–H and O–H groups in total. The predicted molar refractivity (Wildman–Crippen MR) is 292 cm³/mol. The van der Waals surface area contributed by atoms with E-state index in [1.54, 1.807) is 61.0 Å². The third-order valence-electron chi connectivity index (χ3n) is 18.2. The maximum Gasteiger partial charge on any atom is 0.410 e. The molecular weight excluding hydrogens is 1050 g/mol. The van der Waals surface area contributed by atoms with E-state index in [-0.39, 0.29) is 25.0 Å². The fourth-order valence-corrected chi connectivity index (χ4v) is 13.2. The molecule has 0 unspecified atom stereocenters. The third-order valence-corrected chi connectivity index (χ3v) is 18.2. The van der Waals surface area contributed by atoms with Crippen molar-refractivity contribution in [2.24, 2.45) is 23.7 Å². The lowest BCUT2D eigenvalue weighted by Gasteiger charge is -2.50. The van der Waals surface area contributed by atoms with Gasteiger partial charge < -0.3 is 62.6 Å². The summed E-state index contributed by atoms with van der Waals surface area (Å²) in [6, 6.07) is 9.09. The van der Waals surface area contributed by atoms with Crippen LogP contribution in [0.2, 0.25) is 0 Å². The Bertz CT molecular complexity index is 2620. The van der Waals surface area contributed by atoms with E-state index in [1.165, 1.54) is 30.9 Å². The van der Waals surface area contributed by atoms with E-state index < -0.39 is 139 Å². The van der Waals surface area contributed by atoms with Gasteiger partial charge in [0.2, 0.25) is 11.9 Å². The van der Waals surface area contributed by atoms with E-state index in [2.05, 4.69) is 10.3 Å². The predicted octanol–water partition coefficient (Wildman–Crippen LogP) is 6.14. The Morgan fingerprint density at radius 1 is 0.914 bits per heavy atom. The molecule has 452 valence electrons. The van der Waals surface area contributed by atoms with Crippen molar-refractivity contribution in [3.63, 3.8) is 0 Å². The van der Waals surface area contributed by atoms with Crippen LogP contribution in [0.1, 0.15) is 124 Å². The molecule has 3 aromatic rings. The molecule has 0 bridgehead atoms. The Labute approximate surface area is 476 Å². The number of cyclic esters (lactones) is 1. The number of carbonyl (C=O) groups excluding carboxylic acids is 3. The number of alkyl halides is 1. The van der Waals surface area contributed by atoms with E-state index in [0.29, 0.717) is 30.8 Å². The normalized spacial score (nSPS) is 37.1. The van der Waals surface area contributed by atoms with E-state index in [4.69, 9.17) is 42.6 Å². The van der Waals surface area contributed by atoms with E-state index in [0.717, 1.165) is 21.4 Å². The first-order valence-corrected chi connectivity index (χ1v) is 28.5. The minimum absolute atomic E-state index is 0.0869. The number of likely N-dealkylation sites (N-methyl/N-ethyl adjacent to an activating group) is 2. The minimum atomic E-state index is -1.41. The quantitative estimate of drug-likeness (QED) is 0.0782. The number of aliphatic hydroxyl groups excluding tert-OH is 2. The molecule has 4 aliphatic rings. The molecular formula is C59H90FN6O15+. The third kappa shape index (κ3) is 13.1. The monoisotopic (exact) mass is 1140 g/mol. The standard InChI is InChI=1S/C59H90FN6O15/c1-17-45-59(11)51(64(13)56(71)81-59)35(5)47(67)32(2)27-58(10,75-16)53(36(6)49(37(7)54(70)78-45)79-46-28-57(9,74-15)52(69)38(8)77-46)80-55-48(68)43(26-34(4)76-55)63(12)25-24-42-31-65(62-61-42)44(29-60)50(73-14)40-22-20-39(21-23-40)41-19-18-33(3)66(72)30-41/h18-23,30-32,34-38,43-46,48-53,55,68-69,72H,17,24-29H2,1-16H3/q+1/t32-,34-,35+,36+,37-,38+,43+,44-,45-,46+,48-,49+,50-,51-,52+,53-,55+,57-,58-,59-/m1/s1. The second-order valence-corrected chi connectivity index (χ2v) is 23.9. The molecule has 2 aromatic heterocycles. The second-order valence-electron chi connectivity index (χ2n) is 23.9. The summed E-state index contributed by atoms with van der Waals surface area (Å²) in [4.78, 5) is 46.5. The van der Waals surface area contributed by atoms with Gasteiger partial charge in [0.25, 0.3) is 0 Å². The fourth-order valence-electron chi connectivity index (χ4n) is 13.2. The summed E-state index contributed by atoms with van der Waals surface area (Å²) in [5.74, 6) is -4.16. The summed E-state index contributed by atoms with van der Waals surface area (Å²) in [7, 11) is 8.01. The Hall–Kier alpha value is -4.75. The number of pyridine rings is 1. The van der Waals surface area contributed by atoms with Gasteiger partial charge in [0.1, 0.15) is 42.9 Å². The van der Waals surface area contributed by atoms with Crippen molar-refractivity contribution in [2.75, 3.05) is 48.6 Å². The van der Waals surface area contributed by atoms with Crippen molar-refractivity contribution in [1.29, 1.82) is 0 Å². The van der Waals surface area contributed by atoms with Gasteiger partial charge in [-0.15, -0.1) is 5.10 Å². The molecule has 4 fully saturated rings. The van der Waals surface area contributed by atoms with Gasteiger partial charge in [-0.1, -0.05) is 57.2 Å². The molecule has 0 radical (unpaired) electrons. The molecule has 21 nitrogen and oxygen atoms in total. The summed E-state index contributed by atoms with van der Waals surface area (Å²) in [6.07, 6.45) is -5.52. The van der Waals surface area contributed by atoms with Gasteiger partial charge in [0.15, 0.2) is 18.2 Å². The number of methoxy groups -OCH3 is 3. The van der Waals surface area contributed by atoms with Gasteiger partial charge in [0.05, 0.1) is 58.8 Å². The van der Waals surface area contributed by atoms with Crippen LogP contribution in [0.4, 0.5) is 9.18 Å². The smallest absolute Gasteiger partial charge is 0.410 e. The van der Waals surface area contributed by atoms with Crippen LogP contribution in [-0.4, -0.2) is 191 Å². The molecule has 0 aliphatic carbocycles. The van der Waals surface area contributed by atoms with Crippen LogP contribution in [0.5, 0.6) is 0 Å². The molecule has 22 heteroatoms. The Morgan fingerprint density at radius 3 is 2.20 bits per heavy atom. The number of hydrogen-bond donors (Lipinski definition) is 3. The van der Waals surface area contributed by atoms with Crippen molar-refractivity contribution in [2.45, 2.75) is 205 Å². The van der Waals surface area contributed by atoms with E-state index >= 15 is 4.39 Å². The highest BCUT2D eigenvalue weighted by molar-refractivity contribution is 5.85. The minimum Gasteiger partial charge on any atom is -0.458 e. The first-order chi connectivity index (χ1) is 38.2. The molecule has 20 atom stereocenters. The molecule has 0 spiro atoms. The molecule has 7 rings (SSSR count). The number of amides is 1. The molecule has 81 heavy (non-hydrogen) atoms. The number of benzene rings is 1. The zero-order valence-corrected chi connectivity index (χ0v) is 50.2. The largest absolute Gasteiger partial charge is 0.458 e. The van der Waals surface area contributed by atoms with Crippen LogP contribution in [0.3, 0.4) is 0 Å². The van der Waals surface area contributed by atoms with Crippen molar-refractivity contribution in [1.82, 2.24) is 24.8 Å². The number of carbonyl (C=O) groups is 3. The van der Waals surface area contributed by atoms with Crippen LogP contribution in [-0.2, 0) is 58.6 Å². The Morgan fingerprint density at radius 2 is 1.58 bits per heavy atom. The number of halogens is 1. The van der Waals surface area contributed by atoms with Crippen LogP contribution < -0.4 is 4.73 Å². The van der Waals surface area contributed by atoms with Gasteiger partial charge in [-0.2, -0.15) is 0 Å². The Balaban J connectivity index is 1.15. The van der Waals surface area contributed by atoms with Gasteiger partial charge in [-0.3, -0.25) is 14.8 Å². The van der Waals surface area contributed by atoms with Gasteiger partial charge >= 0.3 is 12.1 Å². The van der Waals surface area contributed by atoms with E-state index in [1.807, 2.05) is 83.0 Å². The summed E-state index contributed by atoms with van der Waals surface area (Å²) < 4.78 is 75.1. The topological polar surface area (TPSA) is 236 Å². The number of aliphatic hydroxyl groups is 2. The molecule has 6 heterocycles. The van der Waals surface area contributed by atoms with Gasteiger partial charge in [-0.05, 0) is 85.0 Å². The van der Waals surface area contributed by atoms with Crippen molar-refractivity contribution < 1.29 is 81.6 Å². The maximum absolute atomic E-state index is 15.0. The van der Waals surface area contributed by atoms with Crippen molar-refractivity contribution >= 4 is 17.8 Å². The molecule has 1 amide bonds. The highest BCUT2D eigenvalue weighted by Gasteiger charge is 2.60. The molecule has 4 aliphatic heterocycles. The second kappa shape index (κ2) is 26.0. The Kier molecular flexibility index (Phi) is 20.5. The number of nitrogens with zero attached hydrogens (tertiary/aromatic N) is 6. The van der Waals surface area contributed by atoms with Crippen molar-refractivity contribution in [3.8, 4) is 11.1 Å². The summed E-state index contributed by atoms with van der Waals surface area (Å²) >= 11 is 0. The molecule has 1 aromatic carbocycles. The molecule has 0 saturated carbocycles. The lowest BCUT2D eigenvalue weighted by molar-refractivity contribution is -0.908.